The Bertz CT molecular complexity index is 530. The summed E-state index contributed by atoms with van der Waals surface area (Å²) < 4.78 is 1.88. The normalized spacial score (nSPS) is 13.7. The zero-order valence-electron chi connectivity index (χ0n) is 9.98. The SMILES string of the molecule is Cn1nccc1CNc1ccc2c(n1)CCC2. The Morgan fingerprint density at radius 2 is 2.24 bits per heavy atom. The van der Waals surface area contributed by atoms with Gasteiger partial charge in [0.25, 0.3) is 0 Å². The summed E-state index contributed by atoms with van der Waals surface area (Å²) in [6.07, 6.45) is 5.36. The van der Waals surface area contributed by atoms with E-state index in [9.17, 15) is 0 Å². The second-order valence-electron chi connectivity index (χ2n) is 4.46. The fraction of sp³-hybridized carbons (Fsp3) is 0.385. The molecule has 3 rings (SSSR count). The molecule has 17 heavy (non-hydrogen) atoms. The highest BCUT2D eigenvalue weighted by molar-refractivity contribution is 5.40. The average Bonchev–Trinajstić information content (AvgIpc) is 2.94. The minimum Gasteiger partial charge on any atom is -0.364 e. The summed E-state index contributed by atoms with van der Waals surface area (Å²) in [5.74, 6) is 0.965. The van der Waals surface area contributed by atoms with Gasteiger partial charge in [0.15, 0.2) is 0 Å². The average molecular weight is 228 g/mol. The number of aromatic nitrogens is 3. The molecule has 0 spiro atoms. The summed E-state index contributed by atoms with van der Waals surface area (Å²) in [6.45, 7) is 0.766. The zero-order chi connectivity index (χ0) is 11.7. The lowest BCUT2D eigenvalue weighted by Gasteiger charge is -2.07. The largest absolute Gasteiger partial charge is 0.364 e. The summed E-state index contributed by atoms with van der Waals surface area (Å²) in [4.78, 5) is 4.64. The van der Waals surface area contributed by atoms with Crippen LogP contribution < -0.4 is 5.32 Å². The highest BCUT2D eigenvalue weighted by Gasteiger charge is 2.12. The lowest BCUT2D eigenvalue weighted by Crippen LogP contribution is -2.07. The summed E-state index contributed by atoms with van der Waals surface area (Å²) in [7, 11) is 1.95. The van der Waals surface area contributed by atoms with Gasteiger partial charge >= 0.3 is 0 Å². The van der Waals surface area contributed by atoms with Crippen molar-refractivity contribution in [2.75, 3.05) is 5.32 Å². The van der Waals surface area contributed by atoms with E-state index in [-0.39, 0.29) is 0 Å². The molecule has 1 aliphatic carbocycles. The number of nitrogens with one attached hydrogen (secondary N) is 1. The Hall–Kier alpha value is -1.84. The number of hydrogen-bond acceptors (Lipinski definition) is 3. The van der Waals surface area contributed by atoms with Crippen molar-refractivity contribution in [2.45, 2.75) is 25.8 Å². The van der Waals surface area contributed by atoms with Gasteiger partial charge in [-0.25, -0.2) is 4.98 Å². The summed E-state index contributed by atoms with van der Waals surface area (Å²) in [5, 5.41) is 7.49. The minimum absolute atomic E-state index is 0.766. The van der Waals surface area contributed by atoms with Gasteiger partial charge in [-0.2, -0.15) is 5.10 Å². The molecule has 0 atom stereocenters. The smallest absolute Gasteiger partial charge is 0.126 e. The molecule has 0 saturated heterocycles. The van der Waals surface area contributed by atoms with E-state index in [0.29, 0.717) is 0 Å². The first kappa shape index (κ1) is 10.3. The Morgan fingerprint density at radius 3 is 3.06 bits per heavy atom. The maximum Gasteiger partial charge on any atom is 0.126 e. The predicted octanol–water partition coefficient (Wildman–Crippen LogP) is 1.92. The van der Waals surface area contributed by atoms with E-state index in [2.05, 4.69) is 27.5 Å². The van der Waals surface area contributed by atoms with Gasteiger partial charge in [-0.15, -0.1) is 0 Å². The lowest BCUT2D eigenvalue weighted by atomic mass is 10.2. The fourth-order valence-corrected chi connectivity index (χ4v) is 2.27. The number of aryl methyl sites for hydroxylation is 3. The van der Waals surface area contributed by atoms with Crippen LogP contribution in [0, 0.1) is 0 Å². The quantitative estimate of drug-likeness (QED) is 0.872. The van der Waals surface area contributed by atoms with Gasteiger partial charge in [-0.05, 0) is 37.0 Å². The summed E-state index contributed by atoms with van der Waals surface area (Å²) in [6, 6.07) is 6.28. The third-order valence-electron chi connectivity index (χ3n) is 3.30. The molecular formula is C13H16N4. The van der Waals surface area contributed by atoms with E-state index in [0.717, 1.165) is 24.5 Å². The standard InChI is InChI=1S/C13H16N4/c1-17-11(7-8-15-17)9-14-13-6-5-10-3-2-4-12(10)16-13/h5-8H,2-4,9H2,1H3,(H,14,16). The van der Waals surface area contributed by atoms with E-state index in [4.69, 9.17) is 0 Å². The van der Waals surface area contributed by atoms with Crippen LogP contribution in [0.4, 0.5) is 5.82 Å². The first-order valence-corrected chi connectivity index (χ1v) is 6.02. The Balaban J connectivity index is 1.72. The molecule has 0 radical (unpaired) electrons. The molecule has 2 aromatic rings. The number of hydrogen-bond donors (Lipinski definition) is 1. The molecule has 88 valence electrons. The van der Waals surface area contributed by atoms with Crippen molar-refractivity contribution in [2.24, 2.45) is 7.05 Å². The molecule has 0 aromatic carbocycles. The van der Waals surface area contributed by atoms with Crippen LogP contribution in [0.25, 0.3) is 0 Å². The monoisotopic (exact) mass is 228 g/mol. The van der Waals surface area contributed by atoms with Crippen LogP contribution in [0.15, 0.2) is 24.4 Å². The first-order valence-electron chi connectivity index (χ1n) is 6.02. The van der Waals surface area contributed by atoms with Crippen molar-refractivity contribution < 1.29 is 0 Å². The van der Waals surface area contributed by atoms with Gasteiger partial charge < -0.3 is 5.32 Å². The van der Waals surface area contributed by atoms with E-state index in [1.807, 2.05) is 24.0 Å². The molecule has 1 N–H and O–H groups in total. The van der Waals surface area contributed by atoms with Crippen molar-refractivity contribution in [3.63, 3.8) is 0 Å². The summed E-state index contributed by atoms with van der Waals surface area (Å²) >= 11 is 0. The van der Waals surface area contributed by atoms with Crippen LogP contribution in [0.3, 0.4) is 0 Å². The third kappa shape index (κ3) is 2.02. The maximum absolute atomic E-state index is 4.64. The molecule has 0 amide bonds. The van der Waals surface area contributed by atoms with Gasteiger partial charge in [0.1, 0.15) is 5.82 Å². The fourth-order valence-electron chi connectivity index (χ4n) is 2.27. The Kier molecular flexibility index (Phi) is 2.55. The zero-order valence-corrected chi connectivity index (χ0v) is 9.98. The van der Waals surface area contributed by atoms with Gasteiger partial charge in [0.05, 0.1) is 12.2 Å². The van der Waals surface area contributed by atoms with Gasteiger partial charge in [-0.1, -0.05) is 6.07 Å². The van der Waals surface area contributed by atoms with E-state index < -0.39 is 0 Å². The van der Waals surface area contributed by atoms with Gasteiger partial charge in [0, 0.05) is 18.9 Å². The number of nitrogens with zero attached hydrogens (tertiary/aromatic N) is 3. The van der Waals surface area contributed by atoms with Crippen molar-refractivity contribution >= 4 is 5.82 Å². The molecule has 1 aliphatic rings. The van der Waals surface area contributed by atoms with Crippen LogP contribution >= 0.6 is 0 Å². The van der Waals surface area contributed by atoms with Crippen molar-refractivity contribution in [3.8, 4) is 0 Å². The summed E-state index contributed by atoms with van der Waals surface area (Å²) in [5.41, 5.74) is 3.84. The Morgan fingerprint density at radius 1 is 1.29 bits per heavy atom. The molecule has 0 aliphatic heterocycles. The van der Waals surface area contributed by atoms with Gasteiger partial charge in [0.2, 0.25) is 0 Å². The molecule has 0 bridgehead atoms. The molecule has 4 nitrogen and oxygen atoms in total. The maximum atomic E-state index is 4.64. The highest BCUT2D eigenvalue weighted by atomic mass is 15.3. The number of rotatable bonds is 3. The van der Waals surface area contributed by atoms with E-state index in [1.54, 1.807) is 0 Å². The minimum atomic E-state index is 0.766. The second kappa shape index (κ2) is 4.20. The van der Waals surface area contributed by atoms with Crippen LogP contribution in [-0.2, 0) is 26.4 Å². The number of pyridine rings is 1. The number of anilines is 1. The van der Waals surface area contributed by atoms with Crippen LogP contribution in [0.1, 0.15) is 23.4 Å². The van der Waals surface area contributed by atoms with Crippen molar-refractivity contribution in [3.05, 3.63) is 41.3 Å². The lowest BCUT2D eigenvalue weighted by molar-refractivity contribution is 0.720. The first-order chi connectivity index (χ1) is 8.33. The van der Waals surface area contributed by atoms with Crippen LogP contribution in [0.2, 0.25) is 0 Å². The molecular weight excluding hydrogens is 212 g/mol. The predicted molar refractivity (Wildman–Crippen MR) is 66.8 cm³/mol. The van der Waals surface area contributed by atoms with Crippen LogP contribution in [0.5, 0.6) is 0 Å². The number of fused-ring (bicyclic) bond motifs is 1. The highest BCUT2D eigenvalue weighted by Crippen LogP contribution is 2.21. The molecule has 0 saturated carbocycles. The van der Waals surface area contributed by atoms with E-state index in [1.165, 1.54) is 24.1 Å². The van der Waals surface area contributed by atoms with Crippen LogP contribution in [-0.4, -0.2) is 14.8 Å². The van der Waals surface area contributed by atoms with E-state index >= 15 is 0 Å². The molecule has 2 aromatic heterocycles. The van der Waals surface area contributed by atoms with Gasteiger partial charge in [-0.3, -0.25) is 4.68 Å². The van der Waals surface area contributed by atoms with Crippen molar-refractivity contribution in [1.29, 1.82) is 0 Å². The molecule has 0 unspecified atom stereocenters. The molecule has 0 fully saturated rings. The van der Waals surface area contributed by atoms with Crippen molar-refractivity contribution in [1.82, 2.24) is 14.8 Å². The topological polar surface area (TPSA) is 42.7 Å². The molecule has 4 heteroatoms. The second-order valence-corrected chi connectivity index (χ2v) is 4.46. The third-order valence-corrected chi connectivity index (χ3v) is 3.30. The molecule has 2 heterocycles. The Labute approximate surface area is 101 Å².